The number of rotatable bonds is 4. The summed E-state index contributed by atoms with van der Waals surface area (Å²) in [6, 6.07) is 1.91. The van der Waals surface area contributed by atoms with Gasteiger partial charge in [0.25, 0.3) is 0 Å². The Bertz CT molecular complexity index is 241. The number of nitrogens with zero attached hydrogens (tertiary/aromatic N) is 2. The Labute approximate surface area is 112 Å². The highest BCUT2D eigenvalue weighted by molar-refractivity contribution is 4.89. The van der Waals surface area contributed by atoms with Gasteiger partial charge in [-0.25, -0.2) is 0 Å². The lowest BCUT2D eigenvalue weighted by Gasteiger charge is -2.45. The van der Waals surface area contributed by atoms with E-state index in [1.807, 2.05) is 0 Å². The maximum absolute atomic E-state index is 5.67. The van der Waals surface area contributed by atoms with Crippen LogP contribution in [0.25, 0.3) is 0 Å². The largest absolute Gasteiger partial charge is 0.380 e. The van der Waals surface area contributed by atoms with E-state index < -0.39 is 0 Å². The minimum Gasteiger partial charge on any atom is -0.380 e. The van der Waals surface area contributed by atoms with Crippen LogP contribution in [0.15, 0.2) is 0 Å². The van der Waals surface area contributed by atoms with Crippen molar-refractivity contribution in [2.75, 3.05) is 46.4 Å². The van der Waals surface area contributed by atoms with Gasteiger partial charge in [-0.05, 0) is 26.8 Å². The maximum atomic E-state index is 5.67. The Morgan fingerprint density at radius 1 is 1.28 bits per heavy atom. The molecular formula is C14H29N3O. The van der Waals surface area contributed by atoms with Crippen LogP contribution in [0, 0.1) is 0 Å². The number of hydrogen-bond donors (Lipinski definition) is 1. The van der Waals surface area contributed by atoms with Gasteiger partial charge in [0.15, 0.2) is 0 Å². The van der Waals surface area contributed by atoms with Gasteiger partial charge in [0.2, 0.25) is 0 Å². The number of likely N-dealkylation sites (N-methyl/N-ethyl adjacent to an activating group) is 1. The molecule has 4 nitrogen and oxygen atoms in total. The molecule has 0 aromatic rings. The Balaban J connectivity index is 1.84. The van der Waals surface area contributed by atoms with Gasteiger partial charge < -0.3 is 10.1 Å². The van der Waals surface area contributed by atoms with Crippen molar-refractivity contribution in [2.24, 2.45) is 0 Å². The van der Waals surface area contributed by atoms with Gasteiger partial charge in [-0.15, -0.1) is 0 Å². The van der Waals surface area contributed by atoms with Crippen molar-refractivity contribution in [3.05, 3.63) is 0 Å². The molecule has 106 valence electrons. The molecule has 3 atom stereocenters. The highest BCUT2D eigenvalue weighted by Crippen LogP contribution is 2.17. The minimum absolute atomic E-state index is 0.572. The number of hydrogen-bond acceptors (Lipinski definition) is 4. The van der Waals surface area contributed by atoms with Gasteiger partial charge in [-0.1, -0.05) is 6.92 Å². The molecule has 18 heavy (non-hydrogen) atoms. The smallest absolute Gasteiger partial charge is 0.0637 e. The van der Waals surface area contributed by atoms with Crippen LogP contribution in [0.2, 0.25) is 0 Å². The van der Waals surface area contributed by atoms with Gasteiger partial charge in [0.05, 0.1) is 6.61 Å². The van der Waals surface area contributed by atoms with Crippen LogP contribution in [-0.2, 0) is 4.74 Å². The maximum Gasteiger partial charge on any atom is 0.0637 e. The molecule has 0 spiro atoms. The lowest BCUT2D eigenvalue weighted by molar-refractivity contribution is -0.0229. The molecule has 0 bridgehead atoms. The standard InChI is InChI=1S/C14H29N3O/c1-4-12(2)16-6-8-17(9-7-16)14-11-18-10-5-13(14)15-3/h12-15H,4-11H2,1-3H3. The molecule has 1 N–H and O–H groups in total. The Hall–Kier alpha value is -0.160. The summed E-state index contributed by atoms with van der Waals surface area (Å²) >= 11 is 0. The van der Waals surface area contributed by atoms with Crippen molar-refractivity contribution in [2.45, 2.75) is 44.8 Å². The van der Waals surface area contributed by atoms with E-state index in [0.29, 0.717) is 12.1 Å². The zero-order valence-electron chi connectivity index (χ0n) is 12.2. The Morgan fingerprint density at radius 2 is 2.00 bits per heavy atom. The van der Waals surface area contributed by atoms with Crippen molar-refractivity contribution >= 4 is 0 Å². The molecule has 0 saturated carbocycles. The van der Waals surface area contributed by atoms with E-state index in [2.05, 4.69) is 36.0 Å². The molecule has 4 heteroatoms. The molecule has 2 rings (SSSR count). The van der Waals surface area contributed by atoms with E-state index in [9.17, 15) is 0 Å². The predicted molar refractivity (Wildman–Crippen MR) is 75.0 cm³/mol. The number of nitrogens with one attached hydrogen (secondary N) is 1. The quantitative estimate of drug-likeness (QED) is 0.803. The second kappa shape index (κ2) is 6.85. The average Bonchev–Trinajstić information content (AvgIpc) is 2.46. The van der Waals surface area contributed by atoms with Crippen LogP contribution >= 0.6 is 0 Å². The summed E-state index contributed by atoms with van der Waals surface area (Å²) in [5, 5.41) is 3.46. The monoisotopic (exact) mass is 255 g/mol. The Morgan fingerprint density at radius 3 is 2.61 bits per heavy atom. The zero-order chi connectivity index (χ0) is 13.0. The van der Waals surface area contributed by atoms with Crippen LogP contribution in [-0.4, -0.2) is 74.4 Å². The molecule has 2 saturated heterocycles. The predicted octanol–water partition coefficient (Wildman–Crippen LogP) is 0.779. The molecule has 0 aliphatic carbocycles. The first kappa shape index (κ1) is 14.3. The van der Waals surface area contributed by atoms with Gasteiger partial charge in [0.1, 0.15) is 0 Å². The first-order valence-electron chi connectivity index (χ1n) is 7.49. The normalized spacial score (nSPS) is 33.5. The van der Waals surface area contributed by atoms with Gasteiger partial charge in [-0.3, -0.25) is 9.80 Å². The molecule has 2 fully saturated rings. The summed E-state index contributed by atoms with van der Waals surface area (Å²) in [4.78, 5) is 5.24. The third kappa shape index (κ3) is 3.23. The van der Waals surface area contributed by atoms with Crippen molar-refractivity contribution < 1.29 is 4.74 Å². The SMILES string of the molecule is CCC(C)N1CCN(C2COCCC2NC)CC1. The lowest BCUT2D eigenvalue weighted by atomic mass is 10.0. The molecule has 3 unspecified atom stereocenters. The van der Waals surface area contributed by atoms with Gasteiger partial charge in [-0.2, -0.15) is 0 Å². The van der Waals surface area contributed by atoms with E-state index in [1.54, 1.807) is 0 Å². The lowest BCUT2D eigenvalue weighted by Crippen LogP contribution is -2.60. The summed E-state index contributed by atoms with van der Waals surface area (Å²) in [6.07, 6.45) is 2.40. The zero-order valence-corrected chi connectivity index (χ0v) is 12.2. The third-order valence-electron chi connectivity index (χ3n) is 4.73. The molecule has 2 aliphatic rings. The second-order valence-corrected chi connectivity index (χ2v) is 5.66. The molecule has 2 heterocycles. The summed E-state index contributed by atoms with van der Waals surface area (Å²) in [5.74, 6) is 0. The van der Waals surface area contributed by atoms with Crippen molar-refractivity contribution in [3.63, 3.8) is 0 Å². The fourth-order valence-corrected chi connectivity index (χ4v) is 3.19. The molecule has 0 aromatic carbocycles. The van der Waals surface area contributed by atoms with Gasteiger partial charge in [0, 0.05) is 50.9 Å². The highest BCUT2D eigenvalue weighted by atomic mass is 16.5. The molecular weight excluding hydrogens is 226 g/mol. The third-order valence-corrected chi connectivity index (χ3v) is 4.73. The van der Waals surface area contributed by atoms with E-state index in [-0.39, 0.29) is 0 Å². The highest BCUT2D eigenvalue weighted by Gasteiger charge is 2.32. The Kier molecular flexibility index (Phi) is 5.42. The molecule has 0 amide bonds. The fraction of sp³-hybridized carbons (Fsp3) is 1.00. The summed E-state index contributed by atoms with van der Waals surface area (Å²) in [6.45, 7) is 11.2. The topological polar surface area (TPSA) is 27.7 Å². The summed E-state index contributed by atoms with van der Waals surface area (Å²) in [7, 11) is 2.08. The van der Waals surface area contributed by atoms with E-state index in [4.69, 9.17) is 4.74 Å². The molecule has 2 aliphatic heterocycles. The van der Waals surface area contributed by atoms with Crippen LogP contribution in [0.3, 0.4) is 0 Å². The first-order valence-corrected chi connectivity index (χ1v) is 7.49. The number of ether oxygens (including phenoxy) is 1. The van der Waals surface area contributed by atoms with Crippen LogP contribution in [0.4, 0.5) is 0 Å². The van der Waals surface area contributed by atoms with Crippen LogP contribution in [0.1, 0.15) is 26.7 Å². The first-order chi connectivity index (χ1) is 8.76. The molecule has 0 aromatic heterocycles. The van der Waals surface area contributed by atoms with Gasteiger partial charge >= 0.3 is 0 Å². The van der Waals surface area contributed by atoms with Crippen molar-refractivity contribution in [1.82, 2.24) is 15.1 Å². The average molecular weight is 255 g/mol. The summed E-state index contributed by atoms with van der Waals surface area (Å²) < 4.78 is 5.67. The van der Waals surface area contributed by atoms with Crippen LogP contribution in [0.5, 0.6) is 0 Å². The summed E-state index contributed by atoms with van der Waals surface area (Å²) in [5.41, 5.74) is 0. The molecule has 0 radical (unpaired) electrons. The van der Waals surface area contributed by atoms with E-state index in [0.717, 1.165) is 25.7 Å². The van der Waals surface area contributed by atoms with E-state index >= 15 is 0 Å². The second-order valence-electron chi connectivity index (χ2n) is 5.66. The van der Waals surface area contributed by atoms with Crippen molar-refractivity contribution in [1.29, 1.82) is 0 Å². The minimum atomic E-state index is 0.572. The number of piperazine rings is 1. The fourth-order valence-electron chi connectivity index (χ4n) is 3.19. The van der Waals surface area contributed by atoms with Crippen molar-refractivity contribution in [3.8, 4) is 0 Å². The van der Waals surface area contributed by atoms with E-state index in [1.165, 1.54) is 32.6 Å². The van der Waals surface area contributed by atoms with Crippen LogP contribution < -0.4 is 5.32 Å².